The summed E-state index contributed by atoms with van der Waals surface area (Å²) in [6.07, 6.45) is 7.45. The van der Waals surface area contributed by atoms with Gasteiger partial charge in [0.25, 0.3) is 0 Å². The van der Waals surface area contributed by atoms with Crippen molar-refractivity contribution in [2.24, 2.45) is 7.05 Å². The summed E-state index contributed by atoms with van der Waals surface area (Å²) in [5.74, 6) is 0.0747. The molecular weight excluding hydrogens is 340 g/mol. The number of hydrogen-bond acceptors (Lipinski definition) is 6. The fraction of sp³-hybridized carbons (Fsp3) is 0.400. The molecule has 0 amide bonds. The maximum atomic E-state index is 12.6. The normalized spacial score (nSPS) is 18.2. The molecule has 1 saturated heterocycles. The van der Waals surface area contributed by atoms with Crippen LogP contribution in [0.15, 0.2) is 36.9 Å². The minimum atomic E-state index is -2.06. The molecule has 7 heteroatoms. The van der Waals surface area contributed by atoms with E-state index < -0.39 is 6.98 Å². The van der Waals surface area contributed by atoms with Gasteiger partial charge in [-0.3, -0.25) is 24.3 Å². The van der Waals surface area contributed by atoms with Gasteiger partial charge in [0.05, 0.1) is 24.9 Å². The highest BCUT2D eigenvalue weighted by atomic mass is 16.1. The Kier molecular flexibility index (Phi) is 4.03. The zero-order chi connectivity index (χ0) is 21.3. The fourth-order valence-electron chi connectivity index (χ4n) is 3.30. The molecule has 27 heavy (non-hydrogen) atoms. The first-order valence-corrected chi connectivity index (χ1v) is 9.01. The van der Waals surface area contributed by atoms with E-state index >= 15 is 0 Å². The molecular formula is C20H24N6O. The zero-order valence-corrected chi connectivity index (χ0v) is 15.3. The Labute approximate surface area is 162 Å². The Bertz CT molecular complexity index is 1060. The number of aromatic nitrogens is 4. The Hall–Kier alpha value is -2.64. The third kappa shape index (κ3) is 4.20. The summed E-state index contributed by atoms with van der Waals surface area (Å²) in [7, 11) is 1.86. The molecule has 1 aliphatic heterocycles. The van der Waals surface area contributed by atoms with Crippen LogP contribution in [0.5, 0.6) is 0 Å². The number of rotatable bonds is 5. The minimum Gasteiger partial charge on any atom is -0.304 e. The van der Waals surface area contributed by atoms with Crippen LogP contribution < -0.4 is 0 Å². The van der Waals surface area contributed by atoms with Crippen LogP contribution >= 0.6 is 0 Å². The van der Waals surface area contributed by atoms with Gasteiger partial charge in [0.2, 0.25) is 0 Å². The Balaban J connectivity index is 1.40. The first kappa shape index (κ1) is 14.4. The van der Waals surface area contributed by atoms with Crippen molar-refractivity contribution in [3.8, 4) is 11.3 Å². The van der Waals surface area contributed by atoms with Crippen molar-refractivity contribution in [2.45, 2.75) is 6.42 Å². The highest BCUT2D eigenvalue weighted by Crippen LogP contribution is 2.21. The topological polar surface area (TPSA) is 67.2 Å². The van der Waals surface area contributed by atoms with Gasteiger partial charge in [-0.05, 0) is 24.5 Å². The molecule has 4 heterocycles. The van der Waals surface area contributed by atoms with Gasteiger partial charge in [-0.25, -0.2) is 0 Å². The first-order valence-electron chi connectivity index (χ1n) is 10.5. The average Bonchev–Trinajstić information content (AvgIpc) is 3.13. The van der Waals surface area contributed by atoms with Gasteiger partial charge in [0.1, 0.15) is 0 Å². The molecule has 0 radical (unpaired) electrons. The number of hydrogen-bond donors (Lipinski definition) is 0. The summed E-state index contributed by atoms with van der Waals surface area (Å²) in [4.78, 5) is 24.9. The smallest absolute Gasteiger partial charge is 0.152 e. The van der Waals surface area contributed by atoms with Crippen LogP contribution in [0, 0.1) is 0 Å². The number of nitrogens with zero attached hydrogens (tertiary/aromatic N) is 6. The van der Waals surface area contributed by atoms with E-state index in [2.05, 4.69) is 15.1 Å². The first-order chi connectivity index (χ1) is 14.3. The lowest BCUT2D eigenvalue weighted by Crippen LogP contribution is -2.46. The minimum absolute atomic E-state index is 0.0747. The second kappa shape index (κ2) is 7.54. The second-order valence-corrected chi connectivity index (χ2v) is 6.97. The molecule has 3 aromatic rings. The number of aryl methyl sites for hydroxylation is 1. The zero-order valence-electron chi connectivity index (χ0n) is 18.3. The van der Waals surface area contributed by atoms with Gasteiger partial charge < -0.3 is 4.90 Å². The van der Waals surface area contributed by atoms with Gasteiger partial charge in [0, 0.05) is 72.6 Å². The summed E-state index contributed by atoms with van der Waals surface area (Å²) in [5.41, 5.74) is 2.48. The lowest BCUT2D eigenvalue weighted by Gasteiger charge is -2.31. The number of ketones is 1. The molecule has 4 rings (SSSR count). The number of carbonyl (C=O) groups is 1. The van der Waals surface area contributed by atoms with E-state index in [-0.39, 0.29) is 12.2 Å². The molecule has 3 aromatic heterocycles. The van der Waals surface area contributed by atoms with Gasteiger partial charge in [-0.1, -0.05) is 0 Å². The Morgan fingerprint density at radius 3 is 2.67 bits per heavy atom. The van der Waals surface area contributed by atoms with E-state index in [4.69, 9.17) is 4.11 Å². The van der Waals surface area contributed by atoms with Gasteiger partial charge in [0.15, 0.2) is 5.78 Å². The molecule has 0 unspecified atom stereocenters. The van der Waals surface area contributed by atoms with Crippen molar-refractivity contribution >= 4 is 16.6 Å². The van der Waals surface area contributed by atoms with Crippen LogP contribution in [0.2, 0.25) is 0 Å². The van der Waals surface area contributed by atoms with Gasteiger partial charge >= 0.3 is 0 Å². The van der Waals surface area contributed by atoms with Crippen LogP contribution in [0.25, 0.3) is 22.0 Å². The predicted octanol–water partition coefficient (Wildman–Crippen LogP) is 1.39. The molecule has 1 fully saturated rings. The van der Waals surface area contributed by atoms with Crippen molar-refractivity contribution in [2.75, 3.05) is 39.7 Å². The number of piperazine rings is 1. The summed E-state index contributed by atoms with van der Waals surface area (Å²) >= 11 is 0. The highest BCUT2D eigenvalue weighted by molar-refractivity contribution is 5.87. The van der Waals surface area contributed by atoms with Crippen LogP contribution in [-0.4, -0.2) is 75.0 Å². The fourth-order valence-corrected chi connectivity index (χ4v) is 3.30. The molecule has 7 nitrogen and oxygen atoms in total. The largest absolute Gasteiger partial charge is 0.304 e. The van der Waals surface area contributed by atoms with Crippen LogP contribution in [0.1, 0.15) is 9.81 Å². The highest BCUT2D eigenvalue weighted by Gasteiger charge is 2.17. The molecule has 0 atom stereocenters. The summed E-state index contributed by atoms with van der Waals surface area (Å²) in [6, 6.07) is 3.91. The Morgan fingerprint density at radius 2 is 1.93 bits per heavy atom. The lowest BCUT2D eigenvalue weighted by atomic mass is 10.1. The van der Waals surface area contributed by atoms with E-state index in [0.717, 1.165) is 27.7 Å². The molecule has 0 aromatic carbocycles. The third-order valence-electron chi connectivity index (χ3n) is 4.81. The number of fused-ring (bicyclic) bond motifs is 1. The number of likely N-dealkylation sites (N-methyl/N-ethyl adjacent to an activating group) is 1. The van der Waals surface area contributed by atoms with Crippen molar-refractivity contribution in [3.05, 3.63) is 42.6 Å². The van der Waals surface area contributed by atoms with Crippen molar-refractivity contribution in [1.82, 2.24) is 29.5 Å². The summed E-state index contributed by atoms with van der Waals surface area (Å²) < 4.78 is 24.2. The molecule has 0 N–H and O–H groups in total. The van der Waals surface area contributed by atoms with E-state index in [0.29, 0.717) is 32.7 Å². The molecule has 0 bridgehead atoms. The summed E-state index contributed by atoms with van der Waals surface area (Å²) in [6.45, 7) is 0.301. The maximum Gasteiger partial charge on any atom is 0.152 e. The number of carbonyl (C=O) groups excluding carboxylic acids is 1. The van der Waals surface area contributed by atoms with Gasteiger partial charge in [-0.15, -0.1) is 0 Å². The predicted molar refractivity (Wildman–Crippen MR) is 104 cm³/mol. The quantitative estimate of drug-likeness (QED) is 0.679. The van der Waals surface area contributed by atoms with Crippen LogP contribution in [-0.2, 0) is 18.3 Å². The van der Waals surface area contributed by atoms with E-state index in [1.165, 1.54) is 4.90 Å². The lowest BCUT2D eigenvalue weighted by molar-refractivity contribution is -0.120. The monoisotopic (exact) mass is 367 g/mol. The third-order valence-corrected chi connectivity index (χ3v) is 4.81. The number of pyridine rings is 2. The van der Waals surface area contributed by atoms with E-state index in [1.54, 1.807) is 23.3 Å². The van der Waals surface area contributed by atoms with Gasteiger partial charge in [-0.2, -0.15) is 5.10 Å². The molecule has 140 valence electrons. The SMILES string of the molecule is [2H]C([2H])([2H])N1CCN(CC(=O)Cc2cc3cc(-c4cnn(C)c4)ncc3cn2)CC1. The maximum absolute atomic E-state index is 12.6. The van der Waals surface area contributed by atoms with Crippen molar-refractivity contribution < 1.29 is 8.91 Å². The number of Topliss-reactive ketones (excluding diaryl/α,β-unsaturated/α-hetero) is 1. The molecule has 0 saturated carbocycles. The molecule has 1 aliphatic rings. The second-order valence-electron chi connectivity index (χ2n) is 6.97. The molecule has 0 spiro atoms. The van der Waals surface area contributed by atoms with E-state index in [9.17, 15) is 4.79 Å². The van der Waals surface area contributed by atoms with Crippen molar-refractivity contribution in [3.63, 3.8) is 0 Å². The van der Waals surface area contributed by atoms with E-state index in [1.807, 2.05) is 30.3 Å². The molecule has 0 aliphatic carbocycles. The average molecular weight is 367 g/mol. The standard InChI is InChI=1S/C20H24N6O/c1-24-3-5-26(6-4-24)14-19(27)9-18-7-15-8-20(17-12-23-25(2)13-17)22-11-16(15)10-21-18/h7-8,10-13H,3-6,9,14H2,1-2H3/i1D3. The van der Waals surface area contributed by atoms with Crippen molar-refractivity contribution in [1.29, 1.82) is 0 Å². The summed E-state index contributed by atoms with van der Waals surface area (Å²) in [5, 5.41) is 6.08. The van der Waals surface area contributed by atoms with Crippen LogP contribution in [0.4, 0.5) is 0 Å². The van der Waals surface area contributed by atoms with Crippen LogP contribution in [0.3, 0.4) is 0 Å². The Morgan fingerprint density at radius 1 is 1.11 bits per heavy atom.